The second-order valence-electron chi connectivity index (χ2n) is 6.19. The van der Waals surface area contributed by atoms with Crippen LogP contribution in [-0.2, 0) is 10.0 Å². The standard InChI is InChI=1S/C19H19ClFN5O3S/c1-3-25(4-2)30(28,29)18-9-13(5-7-15(18)21)19(27)24-16-10-14(20)6-8-17(16)26-12-22-11-23-26/h5-12H,3-4H2,1-2H3,(H,24,27). The number of carbonyl (C=O) groups excluding carboxylic acids is 1. The van der Waals surface area contributed by atoms with Gasteiger partial charge in [-0.3, -0.25) is 4.79 Å². The number of amides is 1. The molecule has 0 radical (unpaired) electrons. The van der Waals surface area contributed by atoms with Crippen LogP contribution in [0.5, 0.6) is 0 Å². The summed E-state index contributed by atoms with van der Waals surface area (Å²) in [6.45, 7) is 3.66. The summed E-state index contributed by atoms with van der Waals surface area (Å²) >= 11 is 6.05. The Labute approximate surface area is 178 Å². The first kappa shape index (κ1) is 21.9. The highest BCUT2D eigenvalue weighted by atomic mass is 35.5. The molecule has 2 aromatic carbocycles. The second-order valence-corrected chi connectivity index (χ2v) is 8.53. The van der Waals surface area contributed by atoms with Crippen LogP contribution in [-0.4, -0.2) is 46.5 Å². The molecule has 1 heterocycles. The molecule has 158 valence electrons. The summed E-state index contributed by atoms with van der Waals surface area (Å²) in [4.78, 5) is 16.1. The smallest absolute Gasteiger partial charge is 0.255 e. The van der Waals surface area contributed by atoms with Crippen LogP contribution in [0.4, 0.5) is 10.1 Å². The van der Waals surface area contributed by atoms with E-state index in [-0.39, 0.29) is 18.7 Å². The minimum Gasteiger partial charge on any atom is -0.320 e. The minimum atomic E-state index is -4.08. The number of sulfonamides is 1. The zero-order valence-electron chi connectivity index (χ0n) is 16.2. The molecule has 0 bridgehead atoms. The summed E-state index contributed by atoms with van der Waals surface area (Å²) in [6.07, 6.45) is 2.79. The van der Waals surface area contributed by atoms with Crippen molar-refractivity contribution in [1.82, 2.24) is 19.1 Å². The molecule has 1 amide bonds. The van der Waals surface area contributed by atoms with Crippen molar-refractivity contribution >= 4 is 33.2 Å². The van der Waals surface area contributed by atoms with Crippen LogP contribution in [0.1, 0.15) is 24.2 Å². The number of halogens is 2. The highest BCUT2D eigenvalue weighted by molar-refractivity contribution is 7.89. The van der Waals surface area contributed by atoms with Crippen LogP contribution >= 0.6 is 11.6 Å². The van der Waals surface area contributed by atoms with Gasteiger partial charge in [0.25, 0.3) is 5.91 Å². The van der Waals surface area contributed by atoms with Gasteiger partial charge >= 0.3 is 0 Å². The van der Waals surface area contributed by atoms with Crippen LogP contribution in [0.25, 0.3) is 5.69 Å². The summed E-state index contributed by atoms with van der Waals surface area (Å²) in [5.41, 5.74) is 0.811. The molecular weight excluding hydrogens is 433 g/mol. The average Bonchev–Trinajstić information content (AvgIpc) is 3.23. The third-order valence-electron chi connectivity index (χ3n) is 4.39. The first-order chi connectivity index (χ1) is 14.3. The van der Waals surface area contributed by atoms with Crippen molar-refractivity contribution in [2.75, 3.05) is 18.4 Å². The Morgan fingerprint density at radius 2 is 1.93 bits per heavy atom. The van der Waals surface area contributed by atoms with E-state index in [4.69, 9.17) is 11.6 Å². The Hall–Kier alpha value is -2.82. The molecule has 0 unspecified atom stereocenters. The number of hydrogen-bond acceptors (Lipinski definition) is 5. The number of aromatic nitrogens is 3. The SMILES string of the molecule is CCN(CC)S(=O)(=O)c1cc(C(=O)Nc2cc(Cl)ccc2-n2cncn2)ccc1F. The van der Waals surface area contributed by atoms with Crippen molar-refractivity contribution in [1.29, 1.82) is 0 Å². The molecule has 11 heteroatoms. The zero-order valence-corrected chi connectivity index (χ0v) is 17.8. The first-order valence-corrected chi connectivity index (χ1v) is 10.8. The van der Waals surface area contributed by atoms with E-state index < -0.39 is 26.6 Å². The van der Waals surface area contributed by atoms with Gasteiger partial charge in [0, 0.05) is 23.7 Å². The lowest BCUT2D eigenvalue weighted by Crippen LogP contribution is -2.31. The largest absolute Gasteiger partial charge is 0.320 e. The number of carbonyl (C=O) groups is 1. The van der Waals surface area contributed by atoms with Gasteiger partial charge in [-0.25, -0.2) is 22.5 Å². The normalized spacial score (nSPS) is 11.6. The maximum atomic E-state index is 14.3. The Morgan fingerprint density at radius 1 is 1.20 bits per heavy atom. The predicted molar refractivity (Wildman–Crippen MR) is 111 cm³/mol. The quantitative estimate of drug-likeness (QED) is 0.594. The molecule has 0 atom stereocenters. The highest BCUT2D eigenvalue weighted by Crippen LogP contribution is 2.26. The molecule has 0 saturated heterocycles. The number of anilines is 1. The van der Waals surface area contributed by atoms with Crippen LogP contribution in [0, 0.1) is 5.82 Å². The van der Waals surface area contributed by atoms with Gasteiger partial charge in [0.15, 0.2) is 0 Å². The maximum Gasteiger partial charge on any atom is 0.255 e. The fourth-order valence-electron chi connectivity index (χ4n) is 2.88. The van der Waals surface area contributed by atoms with Crippen LogP contribution in [0.3, 0.4) is 0 Å². The molecule has 0 aliphatic heterocycles. The molecule has 0 aliphatic rings. The monoisotopic (exact) mass is 451 g/mol. The second kappa shape index (κ2) is 8.90. The van der Waals surface area contributed by atoms with Crippen molar-refractivity contribution in [3.8, 4) is 5.69 Å². The first-order valence-electron chi connectivity index (χ1n) is 9.03. The third kappa shape index (κ3) is 4.35. The van der Waals surface area contributed by atoms with Crippen molar-refractivity contribution in [3.63, 3.8) is 0 Å². The van der Waals surface area contributed by atoms with E-state index in [1.807, 2.05) is 0 Å². The van der Waals surface area contributed by atoms with Crippen LogP contribution in [0.15, 0.2) is 53.9 Å². The van der Waals surface area contributed by atoms with E-state index in [1.54, 1.807) is 26.0 Å². The molecule has 0 saturated carbocycles. The van der Waals surface area contributed by atoms with Gasteiger partial charge in [0.05, 0.1) is 11.4 Å². The molecule has 8 nitrogen and oxygen atoms in total. The summed E-state index contributed by atoms with van der Waals surface area (Å²) in [5, 5.41) is 7.07. The molecule has 3 aromatic rings. The Bertz CT molecular complexity index is 1160. The van der Waals surface area contributed by atoms with Crippen LogP contribution in [0.2, 0.25) is 5.02 Å². The molecule has 0 spiro atoms. The fourth-order valence-corrected chi connectivity index (χ4v) is 4.60. The lowest BCUT2D eigenvalue weighted by atomic mass is 10.2. The van der Waals surface area contributed by atoms with Gasteiger partial charge in [0.1, 0.15) is 23.4 Å². The maximum absolute atomic E-state index is 14.3. The van der Waals surface area contributed by atoms with Gasteiger partial charge in [-0.15, -0.1) is 0 Å². The topological polar surface area (TPSA) is 97.2 Å². The number of hydrogen-bond donors (Lipinski definition) is 1. The van der Waals surface area contributed by atoms with Gasteiger partial charge in [-0.2, -0.15) is 9.40 Å². The molecule has 30 heavy (non-hydrogen) atoms. The molecule has 0 fully saturated rings. The summed E-state index contributed by atoms with van der Waals surface area (Å²) in [5.74, 6) is -1.56. The zero-order chi connectivity index (χ0) is 21.9. The minimum absolute atomic E-state index is 0.0216. The Balaban J connectivity index is 1.97. The van der Waals surface area contributed by atoms with E-state index in [0.29, 0.717) is 16.4 Å². The number of nitrogens with zero attached hydrogens (tertiary/aromatic N) is 4. The molecule has 3 rings (SSSR count). The number of nitrogens with one attached hydrogen (secondary N) is 1. The lowest BCUT2D eigenvalue weighted by molar-refractivity contribution is 0.102. The van der Waals surface area contributed by atoms with Gasteiger partial charge in [-0.05, 0) is 36.4 Å². The number of rotatable bonds is 7. The van der Waals surface area contributed by atoms with E-state index in [2.05, 4.69) is 15.4 Å². The summed E-state index contributed by atoms with van der Waals surface area (Å²) in [7, 11) is -4.08. The lowest BCUT2D eigenvalue weighted by Gasteiger charge is -2.19. The van der Waals surface area contributed by atoms with Crippen molar-refractivity contribution in [2.45, 2.75) is 18.7 Å². The summed E-state index contributed by atoms with van der Waals surface area (Å²) in [6, 6.07) is 7.99. The summed E-state index contributed by atoms with van der Waals surface area (Å²) < 4.78 is 42.3. The van der Waals surface area contributed by atoms with E-state index in [9.17, 15) is 17.6 Å². The molecular formula is C19H19ClFN5O3S. The average molecular weight is 452 g/mol. The van der Waals surface area contributed by atoms with Crippen molar-refractivity contribution in [3.05, 3.63) is 65.5 Å². The Kier molecular flexibility index (Phi) is 6.49. The van der Waals surface area contributed by atoms with Gasteiger partial charge < -0.3 is 5.32 Å². The molecule has 1 aromatic heterocycles. The molecule has 1 N–H and O–H groups in total. The third-order valence-corrected chi connectivity index (χ3v) is 6.69. The van der Waals surface area contributed by atoms with Crippen molar-refractivity contribution in [2.24, 2.45) is 0 Å². The van der Waals surface area contributed by atoms with Crippen molar-refractivity contribution < 1.29 is 17.6 Å². The Morgan fingerprint density at radius 3 is 2.57 bits per heavy atom. The fraction of sp³-hybridized carbons (Fsp3) is 0.211. The highest BCUT2D eigenvalue weighted by Gasteiger charge is 2.26. The van der Waals surface area contributed by atoms with Gasteiger partial charge in [-0.1, -0.05) is 25.4 Å². The van der Waals surface area contributed by atoms with E-state index >= 15 is 0 Å². The van der Waals surface area contributed by atoms with E-state index in [0.717, 1.165) is 16.4 Å². The molecule has 0 aliphatic carbocycles. The van der Waals surface area contributed by atoms with Gasteiger partial charge in [0.2, 0.25) is 10.0 Å². The predicted octanol–water partition coefficient (Wildman–Crippen LogP) is 3.34. The number of benzene rings is 2. The van der Waals surface area contributed by atoms with E-state index in [1.165, 1.54) is 29.5 Å². The van der Waals surface area contributed by atoms with Crippen LogP contribution < -0.4 is 5.32 Å².